The van der Waals surface area contributed by atoms with Crippen molar-refractivity contribution >= 4 is 21.6 Å². The molecule has 6 heteroatoms. The lowest BCUT2D eigenvalue weighted by Gasteiger charge is -2.16. The lowest BCUT2D eigenvalue weighted by molar-refractivity contribution is -0.119. The van der Waals surface area contributed by atoms with Gasteiger partial charge in [0.15, 0.2) is 0 Å². The van der Waals surface area contributed by atoms with Crippen LogP contribution in [0.25, 0.3) is 0 Å². The summed E-state index contributed by atoms with van der Waals surface area (Å²) < 4.78 is 25.4. The van der Waals surface area contributed by atoms with Gasteiger partial charge in [-0.2, -0.15) is 0 Å². The van der Waals surface area contributed by atoms with Crippen LogP contribution in [0.5, 0.6) is 0 Å². The average molecular weight is 268 g/mol. The molecule has 0 bridgehead atoms. The van der Waals surface area contributed by atoms with Gasteiger partial charge >= 0.3 is 0 Å². The minimum atomic E-state index is -3.42. The first kappa shape index (κ1) is 13.0. The Balaban J connectivity index is 2.26. The first-order chi connectivity index (χ1) is 8.45. The molecule has 0 aromatic heterocycles. The van der Waals surface area contributed by atoms with E-state index in [1.807, 2.05) is 6.92 Å². The number of hydrogen-bond acceptors (Lipinski definition) is 3. The van der Waals surface area contributed by atoms with E-state index in [1.54, 1.807) is 17.0 Å². The average Bonchev–Trinajstić information content (AvgIpc) is 2.70. The molecule has 1 heterocycles. The fourth-order valence-electron chi connectivity index (χ4n) is 2.00. The molecule has 1 aliphatic heterocycles. The summed E-state index contributed by atoms with van der Waals surface area (Å²) in [4.78, 5) is 13.7. The maximum atomic E-state index is 11.8. The van der Waals surface area contributed by atoms with Crippen molar-refractivity contribution in [3.8, 4) is 0 Å². The summed E-state index contributed by atoms with van der Waals surface area (Å²) in [5.41, 5.74) is 0.749. The number of nitrogens with one attached hydrogen (secondary N) is 1. The monoisotopic (exact) mass is 268 g/mol. The number of hydrogen-bond donors (Lipinski definition) is 1. The van der Waals surface area contributed by atoms with E-state index in [9.17, 15) is 13.2 Å². The van der Waals surface area contributed by atoms with E-state index < -0.39 is 10.0 Å². The van der Waals surface area contributed by atoms with E-state index in [0.717, 1.165) is 12.1 Å². The number of amides is 1. The first-order valence-corrected chi connectivity index (χ1v) is 7.29. The molecule has 0 spiro atoms. The van der Waals surface area contributed by atoms with E-state index in [4.69, 9.17) is 0 Å². The predicted octanol–water partition coefficient (Wildman–Crippen LogP) is 0.967. The largest absolute Gasteiger partial charge is 0.312 e. The number of benzene rings is 1. The van der Waals surface area contributed by atoms with Crippen molar-refractivity contribution in [2.75, 3.05) is 18.5 Å². The molecule has 1 fully saturated rings. The second-order valence-electron chi connectivity index (χ2n) is 4.38. The van der Waals surface area contributed by atoms with Gasteiger partial charge in [-0.3, -0.25) is 4.79 Å². The minimum Gasteiger partial charge on any atom is -0.312 e. The molecule has 1 aliphatic rings. The van der Waals surface area contributed by atoms with Crippen LogP contribution in [0.3, 0.4) is 0 Å². The third-order valence-corrected chi connectivity index (χ3v) is 4.63. The summed E-state index contributed by atoms with van der Waals surface area (Å²) in [6, 6.07) is 6.36. The highest BCUT2D eigenvalue weighted by molar-refractivity contribution is 7.89. The van der Waals surface area contributed by atoms with Gasteiger partial charge in [-0.25, -0.2) is 13.1 Å². The number of nitrogens with zero attached hydrogens (tertiary/aromatic N) is 1. The molecule has 0 saturated carbocycles. The van der Waals surface area contributed by atoms with E-state index >= 15 is 0 Å². The van der Waals surface area contributed by atoms with Gasteiger partial charge in [0, 0.05) is 18.2 Å². The van der Waals surface area contributed by atoms with Crippen LogP contribution in [0.15, 0.2) is 29.2 Å². The zero-order chi connectivity index (χ0) is 13.3. The van der Waals surface area contributed by atoms with Gasteiger partial charge in [0.25, 0.3) is 0 Å². The Morgan fingerprint density at radius 2 is 1.89 bits per heavy atom. The topological polar surface area (TPSA) is 66.5 Å². The highest BCUT2D eigenvalue weighted by Crippen LogP contribution is 2.25. The van der Waals surface area contributed by atoms with Gasteiger partial charge in [-0.15, -0.1) is 0 Å². The number of rotatable bonds is 3. The zero-order valence-corrected chi connectivity index (χ0v) is 11.2. The smallest absolute Gasteiger partial charge is 0.240 e. The van der Waals surface area contributed by atoms with Gasteiger partial charge in [-0.05, 0) is 37.7 Å². The zero-order valence-electron chi connectivity index (χ0n) is 10.4. The van der Waals surface area contributed by atoms with Gasteiger partial charge in [0.1, 0.15) is 0 Å². The Morgan fingerprint density at radius 1 is 1.28 bits per heavy atom. The van der Waals surface area contributed by atoms with Gasteiger partial charge < -0.3 is 4.90 Å². The Morgan fingerprint density at radius 3 is 2.33 bits per heavy atom. The van der Waals surface area contributed by atoms with Crippen molar-refractivity contribution in [1.82, 2.24) is 4.72 Å². The highest BCUT2D eigenvalue weighted by Gasteiger charge is 2.28. The number of sulfonamides is 1. The molecule has 5 nitrogen and oxygen atoms in total. The van der Waals surface area contributed by atoms with E-state index in [2.05, 4.69) is 4.72 Å². The third kappa shape index (κ3) is 2.26. The Labute approximate surface area is 107 Å². The van der Waals surface area contributed by atoms with Gasteiger partial charge in [-0.1, -0.05) is 6.92 Å². The minimum absolute atomic E-state index is 0.0470. The van der Waals surface area contributed by atoms with Crippen LogP contribution < -0.4 is 9.62 Å². The Bertz CT molecular complexity index is 551. The molecule has 1 aromatic rings. The summed E-state index contributed by atoms with van der Waals surface area (Å²) in [6.45, 7) is 2.60. The molecule has 2 rings (SSSR count). The SMILES string of the molecule is CNS(=O)(=O)c1ccc(N2CC[C@H](C)C2=O)cc1. The van der Waals surface area contributed by atoms with Gasteiger partial charge in [0.2, 0.25) is 15.9 Å². The normalized spacial score (nSPS) is 20.4. The molecule has 0 radical (unpaired) electrons. The molecule has 1 amide bonds. The van der Waals surface area contributed by atoms with Crippen LogP contribution in [0.4, 0.5) is 5.69 Å². The number of carbonyl (C=O) groups is 1. The standard InChI is InChI=1S/C12H16N2O3S/c1-9-7-8-14(12(9)15)10-3-5-11(6-4-10)18(16,17)13-2/h3-6,9,13H,7-8H2,1-2H3/t9-/m0/s1. The molecular formula is C12H16N2O3S. The van der Waals surface area contributed by atoms with E-state index in [1.165, 1.54) is 19.2 Å². The summed E-state index contributed by atoms with van der Waals surface area (Å²) in [7, 11) is -2.05. The van der Waals surface area contributed by atoms with Gasteiger partial charge in [0.05, 0.1) is 4.90 Å². The van der Waals surface area contributed by atoms with Crippen LogP contribution in [0.2, 0.25) is 0 Å². The second-order valence-corrected chi connectivity index (χ2v) is 6.27. The van der Waals surface area contributed by atoms with Crippen LogP contribution in [-0.2, 0) is 14.8 Å². The van der Waals surface area contributed by atoms with Crippen molar-refractivity contribution in [2.45, 2.75) is 18.2 Å². The van der Waals surface area contributed by atoms with E-state index in [-0.39, 0.29) is 16.7 Å². The van der Waals surface area contributed by atoms with Crippen LogP contribution in [-0.4, -0.2) is 27.9 Å². The number of carbonyl (C=O) groups excluding carboxylic acids is 1. The van der Waals surface area contributed by atoms with Crippen molar-refractivity contribution in [2.24, 2.45) is 5.92 Å². The molecular weight excluding hydrogens is 252 g/mol. The maximum Gasteiger partial charge on any atom is 0.240 e. The molecule has 18 heavy (non-hydrogen) atoms. The predicted molar refractivity (Wildman–Crippen MR) is 68.8 cm³/mol. The highest BCUT2D eigenvalue weighted by atomic mass is 32.2. The summed E-state index contributed by atoms with van der Waals surface area (Å²) in [5, 5.41) is 0. The van der Waals surface area contributed by atoms with Crippen molar-refractivity contribution in [1.29, 1.82) is 0 Å². The fraction of sp³-hybridized carbons (Fsp3) is 0.417. The van der Waals surface area contributed by atoms with E-state index in [0.29, 0.717) is 6.54 Å². The Kier molecular flexibility index (Phi) is 3.41. The summed E-state index contributed by atoms with van der Waals surface area (Å²) in [5.74, 6) is 0.143. The molecule has 1 atom stereocenters. The molecule has 0 unspecified atom stereocenters. The lowest BCUT2D eigenvalue weighted by atomic mass is 10.1. The van der Waals surface area contributed by atoms with Crippen LogP contribution in [0.1, 0.15) is 13.3 Å². The molecule has 0 aliphatic carbocycles. The molecule has 98 valence electrons. The van der Waals surface area contributed by atoms with Crippen molar-refractivity contribution in [3.63, 3.8) is 0 Å². The lowest BCUT2D eigenvalue weighted by Crippen LogP contribution is -2.26. The van der Waals surface area contributed by atoms with Crippen molar-refractivity contribution < 1.29 is 13.2 Å². The first-order valence-electron chi connectivity index (χ1n) is 5.80. The quantitative estimate of drug-likeness (QED) is 0.888. The number of anilines is 1. The van der Waals surface area contributed by atoms with Crippen LogP contribution in [0, 0.1) is 5.92 Å². The second kappa shape index (κ2) is 4.70. The fourth-order valence-corrected chi connectivity index (χ4v) is 2.73. The molecule has 1 N–H and O–H groups in total. The molecule has 1 aromatic carbocycles. The Hall–Kier alpha value is -1.40. The maximum absolute atomic E-state index is 11.8. The van der Waals surface area contributed by atoms with Crippen LogP contribution >= 0.6 is 0 Å². The summed E-state index contributed by atoms with van der Waals surface area (Å²) in [6.07, 6.45) is 0.843. The third-order valence-electron chi connectivity index (χ3n) is 3.20. The molecule has 1 saturated heterocycles. The van der Waals surface area contributed by atoms with Crippen molar-refractivity contribution in [3.05, 3.63) is 24.3 Å². The summed E-state index contributed by atoms with van der Waals surface area (Å²) >= 11 is 0.